The number of nitrogens with one attached hydrogen (secondary N) is 2. The maximum absolute atomic E-state index is 13.0. The lowest BCUT2D eigenvalue weighted by molar-refractivity contribution is 0.256. The van der Waals surface area contributed by atoms with Crippen LogP contribution in [0.2, 0.25) is 0 Å². The molecular weight excluding hydrogens is 352 g/mol. The van der Waals surface area contributed by atoms with E-state index >= 15 is 0 Å². The molecule has 0 radical (unpaired) electrons. The summed E-state index contributed by atoms with van der Waals surface area (Å²) in [6, 6.07) is 15.4. The molecule has 0 saturated carbocycles. The monoisotopic (exact) mass is 374 g/mol. The fourth-order valence-electron chi connectivity index (χ4n) is 3.22. The number of nitrogens with zero attached hydrogens (tertiary/aromatic N) is 4. The van der Waals surface area contributed by atoms with Crippen molar-refractivity contribution in [3.8, 4) is 11.3 Å². The van der Waals surface area contributed by atoms with E-state index in [4.69, 9.17) is 4.98 Å². The van der Waals surface area contributed by atoms with Crippen LogP contribution < -0.4 is 15.5 Å². The van der Waals surface area contributed by atoms with Crippen LogP contribution in [0.1, 0.15) is 18.4 Å². The minimum Gasteiger partial charge on any atom is -0.382 e. The molecule has 0 atom stereocenters. The Morgan fingerprint density at radius 3 is 2.89 bits per heavy atom. The molecule has 28 heavy (non-hydrogen) atoms. The molecule has 0 bridgehead atoms. The van der Waals surface area contributed by atoms with E-state index in [1.807, 2.05) is 24.3 Å². The van der Waals surface area contributed by atoms with Gasteiger partial charge in [0.2, 0.25) is 0 Å². The van der Waals surface area contributed by atoms with Gasteiger partial charge >= 0.3 is 6.03 Å². The lowest BCUT2D eigenvalue weighted by Gasteiger charge is -2.27. The molecule has 1 aliphatic heterocycles. The van der Waals surface area contributed by atoms with E-state index in [0.717, 1.165) is 36.3 Å². The van der Waals surface area contributed by atoms with Crippen molar-refractivity contribution < 1.29 is 4.79 Å². The summed E-state index contributed by atoms with van der Waals surface area (Å²) < 4.78 is 0. The lowest BCUT2D eigenvalue weighted by atomic mass is 10.1. The molecule has 0 unspecified atom stereocenters. The standard InChI is InChI=1S/C21H22N6O/c1-15-6-4-7-16(14-15)17-9-10-18-20(24-17)27(13-3-2-11-22-18)21(28)25-19-8-5-12-23-26-19/h4-10,12,14,22H,2-3,11,13H2,1H3,(H,25,26,28). The molecule has 0 spiro atoms. The summed E-state index contributed by atoms with van der Waals surface area (Å²) in [6.07, 6.45) is 3.44. The van der Waals surface area contributed by atoms with Crippen molar-refractivity contribution in [1.29, 1.82) is 0 Å². The maximum atomic E-state index is 13.0. The Balaban J connectivity index is 1.70. The Kier molecular flexibility index (Phi) is 5.14. The minimum atomic E-state index is -0.264. The molecule has 7 heteroatoms. The first kappa shape index (κ1) is 17.9. The SMILES string of the molecule is Cc1cccc(-c2ccc3c(n2)N(C(=O)Nc2cccnn2)CCCCN3)c1. The minimum absolute atomic E-state index is 0.264. The Hall–Kier alpha value is -3.48. The highest BCUT2D eigenvalue weighted by Gasteiger charge is 2.23. The molecule has 2 amide bonds. The predicted molar refractivity (Wildman–Crippen MR) is 111 cm³/mol. The van der Waals surface area contributed by atoms with Gasteiger partial charge in [0, 0.05) is 24.8 Å². The second kappa shape index (κ2) is 8.04. The molecule has 1 aromatic carbocycles. The average Bonchev–Trinajstić information content (AvgIpc) is 2.69. The molecule has 4 rings (SSSR count). The van der Waals surface area contributed by atoms with Gasteiger partial charge in [-0.25, -0.2) is 9.78 Å². The molecule has 3 heterocycles. The topological polar surface area (TPSA) is 83.0 Å². The molecule has 0 aliphatic carbocycles. The van der Waals surface area contributed by atoms with Gasteiger partial charge in [-0.15, -0.1) is 5.10 Å². The smallest absolute Gasteiger partial charge is 0.328 e. The highest BCUT2D eigenvalue weighted by atomic mass is 16.2. The van der Waals surface area contributed by atoms with Crippen LogP contribution in [0.5, 0.6) is 0 Å². The Morgan fingerprint density at radius 2 is 2.07 bits per heavy atom. The summed E-state index contributed by atoms with van der Waals surface area (Å²) in [5.41, 5.74) is 3.88. The van der Waals surface area contributed by atoms with Crippen LogP contribution >= 0.6 is 0 Å². The normalized spacial score (nSPS) is 13.7. The number of pyridine rings is 1. The number of rotatable bonds is 2. The Bertz CT molecular complexity index is 976. The van der Waals surface area contributed by atoms with Crippen molar-refractivity contribution in [3.63, 3.8) is 0 Å². The molecule has 0 fully saturated rings. The Labute approximate surface area is 163 Å². The number of fused-ring (bicyclic) bond motifs is 1. The van der Waals surface area contributed by atoms with Gasteiger partial charge < -0.3 is 5.32 Å². The van der Waals surface area contributed by atoms with Crippen LogP contribution in [-0.4, -0.2) is 34.3 Å². The molecule has 2 aromatic heterocycles. The van der Waals surface area contributed by atoms with E-state index in [2.05, 4.69) is 39.9 Å². The number of anilines is 3. The fourth-order valence-corrected chi connectivity index (χ4v) is 3.22. The van der Waals surface area contributed by atoms with E-state index in [1.165, 1.54) is 5.56 Å². The van der Waals surface area contributed by atoms with Crippen molar-refractivity contribution in [3.05, 3.63) is 60.3 Å². The summed E-state index contributed by atoms with van der Waals surface area (Å²) in [4.78, 5) is 19.5. The van der Waals surface area contributed by atoms with Crippen molar-refractivity contribution in [2.75, 3.05) is 28.6 Å². The number of hydrogen-bond acceptors (Lipinski definition) is 5. The first-order valence-electron chi connectivity index (χ1n) is 9.39. The number of amides is 2. The second-order valence-corrected chi connectivity index (χ2v) is 6.76. The molecule has 2 N–H and O–H groups in total. The summed E-state index contributed by atoms with van der Waals surface area (Å²) >= 11 is 0. The van der Waals surface area contributed by atoms with Gasteiger partial charge in [0.25, 0.3) is 0 Å². The Morgan fingerprint density at radius 1 is 1.14 bits per heavy atom. The molecular formula is C21H22N6O. The number of urea groups is 1. The average molecular weight is 374 g/mol. The summed E-state index contributed by atoms with van der Waals surface area (Å²) in [6.45, 7) is 3.50. The highest BCUT2D eigenvalue weighted by molar-refractivity contribution is 6.02. The first-order valence-corrected chi connectivity index (χ1v) is 9.39. The van der Waals surface area contributed by atoms with Gasteiger partial charge in [-0.3, -0.25) is 10.2 Å². The fraction of sp³-hybridized carbons (Fsp3) is 0.238. The number of benzene rings is 1. The van der Waals surface area contributed by atoms with Crippen LogP contribution in [-0.2, 0) is 0 Å². The van der Waals surface area contributed by atoms with E-state index in [-0.39, 0.29) is 6.03 Å². The van der Waals surface area contributed by atoms with Gasteiger partial charge in [0.15, 0.2) is 11.6 Å². The quantitative estimate of drug-likeness (QED) is 0.706. The van der Waals surface area contributed by atoms with Gasteiger partial charge in [-0.2, -0.15) is 5.10 Å². The van der Waals surface area contributed by atoms with Crippen LogP contribution in [0.3, 0.4) is 0 Å². The van der Waals surface area contributed by atoms with Gasteiger partial charge in [0.1, 0.15) is 0 Å². The third-order valence-corrected chi connectivity index (χ3v) is 4.62. The zero-order valence-electron chi connectivity index (χ0n) is 15.7. The third kappa shape index (κ3) is 3.93. The first-order chi connectivity index (χ1) is 13.7. The van der Waals surface area contributed by atoms with Crippen molar-refractivity contribution in [1.82, 2.24) is 15.2 Å². The van der Waals surface area contributed by atoms with E-state index < -0.39 is 0 Å². The van der Waals surface area contributed by atoms with E-state index in [0.29, 0.717) is 18.2 Å². The highest BCUT2D eigenvalue weighted by Crippen LogP contribution is 2.30. The van der Waals surface area contributed by atoms with Crippen molar-refractivity contribution >= 4 is 23.4 Å². The molecule has 3 aromatic rings. The van der Waals surface area contributed by atoms with Crippen LogP contribution in [0.15, 0.2) is 54.7 Å². The third-order valence-electron chi connectivity index (χ3n) is 4.62. The van der Waals surface area contributed by atoms with E-state index in [9.17, 15) is 4.79 Å². The zero-order chi connectivity index (χ0) is 19.3. The number of aromatic nitrogens is 3. The number of carbonyl (C=O) groups excluding carboxylic acids is 1. The predicted octanol–water partition coefficient (Wildman–Crippen LogP) is 4.09. The summed E-state index contributed by atoms with van der Waals surface area (Å²) in [5.74, 6) is 1.04. The summed E-state index contributed by atoms with van der Waals surface area (Å²) in [7, 11) is 0. The number of aryl methyl sites for hydroxylation is 1. The molecule has 1 aliphatic rings. The van der Waals surface area contributed by atoms with Crippen molar-refractivity contribution in [2.45, 2.75) is 19.8 Å². The van der Waals surface area contributed by atoms with Gasteiger partial charge in [-0.05, 0) is 50.1 Å². The number of hydrogen-bond donors (Lipinski definition) is 2. The van der Waals surface area contributed by atoms with Crippen LogP contribution in [0.25, 0.3) is 11.3 Å². The molecule has 142 valence electrons. The van der Waals surface area contributed by atoms with E-state index in [1.54, 1.807) is 23.2 Å². The maximum Gasteiger partial charge on any atom is 0.328 e. The van der Waals surface area contributed by atoms with Gasteiger partial charge in [-0.1, -0.05) is 23.8 Å². The van der Waals surface area contributed by atoms with Crippen LogP contribution in [0.4, 0.5) is 22.1 Å². The second-order valence-electron chi connectivity index (χ2n) is 6.76. The summed E-state index contributed by atoms with van der Waals surface area (Å²) in [5, 5.41) is 14.0. The molecule has 0 saturated heterocycles. The lowest BCUT2D eigenvalue weighted by Crippen LogP contribution is -2.38. The zero-order valence-corrected chi connectivity index (χ0v) is 15.7. The van der Waals surface area contributed by atoms with Gasteiger partial charge in [0.05, 0.1) is 11.4 Å². The number of carbonyl (C=O) groups is 1. The van der Waals surface area contributed by atoms with Crippen LogP contribution in [0, 0.1) is 6.92 Å². The largest absolute Gasteiger partial charge is 0.382 e. The molecule has 7 nitrogen and oxygen atoms in total. The van der Waals surface area contributed by atoms with Crippen molar-refractivity contribution in [2.24, 2.45) is 0 Å².